The Bertz CT molecular complexity index is 1190. The van der Waals surface area contributed by atoms with Crippen LogP contribution in [0.3, 0.4) is 0 Å². The van der Waals surface area contributed by atoms with E-state index >= 15 is 0 Å². The van der Waals surface area contributed by atoms with Gasteiger partial charge >= 0.3 is 0 Å². The number of unbranched alkanes of at least 4 members (excludes halogenated alkanes) is 1. The summed E-state index contributed by atoms with van der Waals surface area (Å²) in [4.78, 5) is 15.0. The number of piperidine rings is 1. The van der Waals surface area contributed by atoms with Crippen LogP contribution < -0.4 is 4.74 Å². The lowest BCUT2D eigenvalue weighted by molar-refractivity contribution is -0.114. The Morgan fingerprint density at radius 3 is 2.46 bits per heavy atom. The lowest BCUT2D eigenvalue weighted by Gasteiger charge is -2.32. The molecule has 1 aliphatic heterocycles. The van der Waals surface area contributed by atoms with E-state index in [1.807, 2.05) is 12.1 Å². The SMILES string of the molecule is O=C1C=C(Oc2cccc(CCCCC3CCN(Cc4ccccc4)CC3)c2)c2ccccc2CCC1. The fourth-order valence-electron chi connectivity index (χ4n) is 5.74. The van der Waals surface area contributed by atoms with Gasteiger partial charge < -0.3 is 4.74 Å². The van der Waals surface area contributed by atoms with Crippen LogP contribution in [-0.4, -0.2) is 23.8 Å². The van der Waals surface area contributed by atoms with Crippen molar-refractivity contribution in [2.24, 2.45) is 5.92 Å². The highest BCUT2D eigenvalue weighted by molar-refractivity contribution is 5.96. The van der Waals surface area contributed by atoms with Gasteiger partial charge in [-0.15, -0.1) is 0 Å². The Labute approximate surface area is 222 Å². The number of nitrogens with zero attached hydrogens (tertiary/aromatic N) is 1. The van der Waals surface area contributed by atoms with Gasteiger partial charge in [0.1, 0.15) is 11.5 Å². The van der Waals surface area contributed by atoms with Gasteiger partial charge in [0.05, 0.1) is 0 Å². The third kappa shape index (κ3) is 7.42. The van der Waals surface area contributed by atoms with Crippen molar-refractivity contribution in [2.75, 3.05) is 13.1 Å². The Morgan fingerprint density at radius 2 is 1.59 bits per heavy atom. The van der Waals surface area contributed by atoms with Gasteiger partial charge in [-0.2, -0.15) is 0 Å². The molecular weight excluding hydrogens is 454 g/mol. The van der Waals surface area contributed by atoms with E-state index in [4.69, 9.17) is 4.74 Å². The predicted octanol–water partition coefficient (Wildman–Crippen LogP) is 7.64. The monoisotopic (exact) mass is 493 g/mol. The molecule has 0 atom stereocenters. The normalized spacial score (nSPS) is 17.0. The summed E-state index contributed by atoms with van der Waals surface area (Å²) >= 11 is 0. The molecule has 1 aliphatic carbocycles. The summed E-state index contributed by atoms with van der Waals surface area (Å²) in [6, 6.07) is 27.6. The molecule has 0 bridgehead atoms. The molecular formula is C34H39NO2. The van der Waals surface area contributed by atoms with E-state index in [0.717, 1.165) is 43.0 Å². The molecule has 5 rings (SSSR count). The maximum Gasteiger partial charge on any atom is 0.159 e. The van der Waals surface area contributed by atoms with Gasteiger partial charge in [-0.25, -0.2) is 0 Å². The Balaban J connectivity index is 1.09. The summed E-state index contributed by atoms with van der Waals surface area (Å²) in [6.07, 6.45) is 11.6. The molecule has 0 unspecified atom stereocenters. The van der Waals surface area contributed by atoms with Crippen molar-refractivity contribution in [1.82, 2.24) is 4.90 Å². The summed E-state index contributed by atoms with van der Waals surface area (Å²) in [5.74, 6) is 2.51. The Kier molecular flexibility index (Phi) is 8.86. The van der Waals surface area contributed by atoms with Crippen molar-refractivity contribution in [3.63, 3.8) is 0 Å². The number of aryl methyl sites for hydroxylation is 2. The topological polar surface area (TPSA) is 29.5 Å². The molecule has 0 N–H and O–H groups in total. The number of fused-ring (bicyclic) bond motifs is 1. The third-order valence-electron chi connectivity index (χ3n) is 7.85. The second-order valence-corrected chi connectivity index (χ2v) is 10.7. The highest BCUT2D eigenvalue weighted by Crippen LogP contribution is 2.28. The van der Waals surface area contributed by atoms with E-state index in [2.05, 4.69) is 71.6 Å². The highest BCUT2D eigenvalue weighted by atomic mass is 16.5. The smallest absolute Gasteiger partial charge is 0.159 e. The molecule has 192 valence electrons. The molecule has 3 aromatic rings. The van der Waals surface area contributed by atoms with Crippen molar-refractivity contribution in [3.05, 3.63) is 107 Å². The molecule has 2 aliphatic rings. The van der Waals surface area contributed by atoms with Crippen LogP contribution >= 0.6 is 0 Å². The molecule has 0 amide bonds. The van der Waals surface area contributed by atoms with E-state index in [-0.39, 0.29) is 5.78 Å². The standard InChI is InChI=1S/C34H39NO2/c36-31-17-9-16-30-15-6-7-19-33(30)34(25-31)37-32-18-8-14-28(24-32)11-5-4-10-27-20-22-35(23-21-27)26-29-12-2-1-3-13-29/h1-3,6-8,12-15,18-19,24-25,27H,4-5,9-11,16-17,20-23,26H2. The molecule has 1 saturated heterocycles. The second-order valence-electron chi connectivity index (χ2n) is 10.7. The molecule has 0 saturated carbocycles. The molecule has 0 spiro atoms. The largest absolute Gasteiger partial charge is 0.457 e. The molecule has 3 aromatic carbocycles. The van der Waals surface area contributed by atoms with Crippen molar-refractivity contribution < 1.29 is 9.53 Å². The molecule has 3 heteroatoms. The number of hydrogen-bond donors (Lipinski definition) is 0. The van der Waals surface area contributed by atoms with Crippen molar-refractivity contribution >= 4 is 11.5 Å². The zero-order chi connectivity index (χ0) is 25.3. The minimum Gasteiger partial charge on any atom is -0.457 e. The van der Waals surface area contributed by atoms with Crippen LogP contribution in [0.25, 0.3) is 5.76 Å². The van der Waals surface area contributed by atoms with Gasteiger partial charge in [-0.1, -0.05) is 79.6 Å². The van der Waals surface area contributed by atoms with Crippen LogP contribution in [-0.2, 0) is 24.2 Å². The number of carbonyl (C=O) groups is 1. The van der Waals surface area contributed by atoms with E-state index in [1.54, 1.807) is 6.08 Å². The number of likely N-dealkylation sites (tertiary alicyclic amines) is 1. The minimum absolute atomic E-state index is 0.145. The summed E-state index contributed by atoms with van der Waals surface area (Å²) in [7, 11) is 0. The number of allylic oxidation sites excluding steroid dienone is 1. The van der Waals surface area contributed by atoms with E-state index < -0.39 is 0 Å². The van der Waals surface area contributed by atoms with Gasteiger partial charge in [0.2, 0.25) is 0 Å². The fourth-order valence-corrected chi connectivity index (χ4v) is 5.74. The predicted molar refractivity (Wildman–Crippen MR) is 151 cm³/mol. The lowest BCUT2D eigenvalue weighted by Crippen LogP contribution is -2.33. The first-order valence-electron chi connectivity index (χ1n) is 14.1. The zero-order valence-corrected chi connectivity index (χ0v) is 21.9. The summed E-state index contributed by atoms with van der Waals surface area (Å²) < 4.78 is 6.32. The maximum absolute atomic E-state index is 12.4. The van der Waals surface area contributed by atoms with Crippen molar-refractivity contribution in [1.29, 1.82) is 0 Å². The maximum atomic E-state index is 12.4. The molecule has 1 heterocycles. The van der Waals surface area contributed by atoms with Gasteiger partial charge in [0, 0.05) is 24.6 Å². The van der Waals surface area contributed by atoms with Crippen LogP contribution in [0.5, 0.6) is 5.75 Å². The number of hydrogen-bond acceptors (Lipinski definition) is 3. The molecule has 0 radical (unpaired) electrons. The van der Waals surface area contributed by atoms with Crippen LogP contribution in [0.4, 0.5) is 0 Å². The van der Waals surface area contributed by atoms with Crippen molar-refractivity contribution in [2.45, 2.75) is 64.3 Å². The second kappa shape index (κ2) is 12.9. The van der Waals surface area contributed by atoms with Crippen LogP contribution in [0.1, 0.15) is 67.2 Å². The number of ether oxygens (including phenoxy) is 1. The van der Waals surface area contributed by atoms with Crippen molar-refractivity contribution in [3.8, 4) is 5.75 Å². The third-order valence-corrected chi connectivity index (χ3v) is 7.85. The molecule has 37 heavy (non-hydrogen) atoms. The molecule has 0 aromatic heterocycles. The fraction of sp³-hybridized carbons (Fsp3) is 0.382. The van der Waals surface area contributed by atoms with Gasteiger partial charge in [0.15, 0.2) is 5.78 Å². The van der Waals surface area contributed by atoms with Gasteiger partial charge in [-0.3, -0.25) is 9.69 Å². The first kappa shape index (κ1) is 25.5. The first-order valence-corrected chi connectivity index (χ1v) is 14.1. The molecule has 3 nitrogen and oxygen atoms in total. The van der Waals surface area contributed by atoms with Gasteiger partial charge in [-0.05, 0) is 86.4 Å². The van der Waals surface area contributed by atoms with Crippen LogP contribution in [0.2, 0.25) is 0 Å². The average Bonchev–Trinajstić information content (AvgIpc) is 2.92. The van der Waals surface area contributed by atoms with E-state index in [1.165, 1.54) is 61.9 Å². The average molecular weight is 494 g/mol. The first-order chi connectivity index (χ1) is 18.2. The quantitative estimate of drug-likeness (QED) is 0.287. The summed E-state index contributed by atoms with van der Waals surface area (Å²) in [5.41, 5.74) is 5.02. The zero-order valence-electron chi connectivity index (χ0n) is 21.9. The van der Waals surface area contributed by atoms with Crippen LogP contribution in [0, 0.1) is 5.92 Å². The Morgan fingerprint density at radius 1 is 0.811 bits per heavy atom. The lowest BCUT2D eigenvalue weighted by atomic mass is 9.90. The Hall–Kier alpha value is -3.17. The number of benzene rings is 3. The highest BCUT2D eigenvalue weighted by Gasteiger charge is 2.19. The summed E-state index contributed by atoms with van der Waals surface area (Å²) in [6.45, 7) is 3.53. The number of ketones is 1. The van der Waals surface area contributed by atoms with Gasteiger partial charge in [0.25, 0.3) is 0 Å². The summed E-state index contributed by atoms with van der Waals surface area (Å²) in [5, 5.41) is 0. The molecule has 1 fully saturated rings. The minimum atomic E-state index is 0.145. The number of carbonyl (C=O) groups excluding carboxylic acids is 1. The van der Waals surface area contributed by atoms with E-state index in [0.29, 0.717) is 12.2 Å². The van der Waals surface area contributed by atoms with E-state index in [9.17, 15) is 4.79 Å². The van der Waals surface area contributed by atoms with Crippen LogP contribution in [0.15, 0.2) is 84.9 Å². The number of rotatable bonds is 9.